The molecule has 0 fully saturated rings. The van der Waals surface area contributed by atoms with Crippen LogP contribution in [0, 0.1) is 5.31 Å². The number of nitrogens with one attached hydrogen (secondary N) is 1. The van der Waals surface area contributed by atoms with Gasteiger partial charge in [0.15, 0.2) is 0 Å². The molecule has 0 aromatic carbocycles. The first-order valence-electron chi connectivity index (χ1n) is 1.18. The molecule has 0 radical (unpaired) electrons. The van der Waals surface area contributed by atoms with Crippen LogP contribution < -0.4 is 5.90 Å². The molecule has 0 aliphatic rings. The molecular weight excluding hydrogens is 54.8 g/mol. The van der Waals surface area contributed by atoms with Crippen LogP contribution in [0.15, 0.2) is 0 Å². The van der Waals surface area contributed by atoms with E-state index in [2.05, 4.69) is 16.0 Å². The molecule has 0 atom stereocenters. The van der Waals surface area contributed by atoms with Gasteiger partial charge in [0.05, 0.1) is 0 Å². The Morgan fingerprint density at radius 1 is 2.50 bits per heavy atom. The van der Waals surface area contributed by atoms with Crippen molar-refractivity contribution in [1.29, 1.82) is 5.31 Å². The van der Waals surface area contributed by atoms with E-state index in [0.29, 0.717) is 0 Å². The third kappa shape index (κ3) is 1.62. The van der Waals surface area contributed by atoms with Crippen molar-refractivity contribution in [3.63, 3.8) is 0 Å². The van der Waals surface area contributed by atoms with Gasteiger partial charge in [0.1, 0.15) is 0 Å². The van der Waals surface area contributed by atoms with Crippen LogP contribution in [0.5, 0.6) is 0 Å². The number of rotatable bonds is 1. The van der Waals surface area contributed by atoms with E-state index in [1.807, 2.05) is 0 Å². The van der Waals surface area contributed by atoms with E-state index in [1.165, 1.54) is 0 Å². The van der Waals surface area contributed by atoms with Gasteiger partial charge < -0.3 is 0 Å². The van der Waals surface area contributed by atoms with Gasteiger partial charge >= 0.3 is 24.6 Å². The van der Waals surface area contributed by atoms with Gasteiger partial charge in [-0.25, -0.2) is 0 Å². The fourth-order valence-electron chi connectivity index (χ4n) is 0. The first kappa shape index (κ1) is 1.90. The first-order valence-corrected chi connectivity index (χ1v) is 0.730. The van der Waals surface area contributed by atoms with E-state index in [0.717, 1.165) is 7.27 Å². The fourth-order valence-corrected chi connectivity index (χ4v) is 0. The van der Waals surface area contributed by atoms with E-state index in [-0.39, 0.29) is 0 Å². The van der Waals surface area contributed by atoms with Crippen LogP contribution in [0.25, 0.3) is 0 Å². The Balaban J connectivity index is 2.62. The summed E-state index contributed by atoms with van der Waals surface area (Å²) in [6, 6.07) is 0. The fraction of sp³-hybridized carbons (Fsp3) is 0. The Hall–Kier alpha value is -0.375. The molecule has 3 N–H and O–H groups in total. The molecule has 0 aliphatic carbocycles. The molecule has 0 spiro atoms. The molecule has 0 bridgehead atoms. The Labute approximate surface area is 26.0 Å². The summed E-state index contributed by atoms with van der Waals surface area (Å²) < 4.78 is 9.68. The minimum atomic E-state index is 0.819. The van der Waals surface area contributed by atoms with Crippen molar-refractivity contribution in [1.82, 2.24) is 0 Å². The molecule has 0 amide bonds. The molecule has 22 valence electrons. The van der Waals surface area contributed by atoms with Gasteiger partial charge in [-0.2, -0.15) is 0 Å². The topological polar surface area (TPSA) is 59.1 Å². The number of nitrogens with two attached hydrogens (primary N) is 1. The van der Waals surface area contributed by atoms with Crippen molar-refractivity contribution < 1.29 is 6.17 Å². The van der Waals surface area contributed by atoms with Crippen LogP contribution in [-0.4, -0.2) is 7.27 Å². The summed E-state index contributed by atoms with van der Waals surface area (Å²) >= 11 is 0. The maximum absolute atomic E-state index is 5.97. The second-order valence-electron chi connectivity index (χ2n) is 0.241. The van der Waals surface area contributed by atoms with Crippen LogP contribution >= 0.6 is 0 Å². The Morgan fingerprint density at radius 2 is 3.25 bits per heavy atom. The first-order chi connectivity index (χ1) is 2.41. The van der Waals surface area contributed by atoms with Crippen molar-refractivity contribution in [2.75, 3.05) is 0 Å². The van der Waals surface area contributed by atoms with Crippen LogP contribution in [0.4, 0.5) is 0 Å². The predicted molar refractivity (Wildman–Crippen MR) is 13.7 cm³/mol. The molecule has 0 aromatic rings. The Kier molecular flexibility index (Phi) is 1.25. The summed E-state index contributed by atoms with van der Waals surface area (Å²) in [6.07, 6.45) is 0. The van der Waals surface area contributed by atoms with Crippen molar-refractivity contribution in [3.8, 4) is 0 Å². The van der Waals surface area contributed by atoms with E-state index in [4.69, 9.17) is 1.41 Å². The van der Waals surface area contributed by atoms with Crippen molar-refractivity contribution in [3.05, 3.63) is 0 Å². The SMILES string of the molecule is [3H]/N=B/ON. The van der Waals surface area contributed by atoms with E-state index in [1.54, 1.807) is 0 Å². The van der Waals surface area contributed by atoms with Crippen LogP contribution in [0.2, 0.25) is 1.41 Å². The number of hydrogen-bond acceptors (Lipinski definition) is 3. The normalized spacial score (nSPS) is 9.75. The van der Waals surface area contributed by atoms with Gasteiger partial charge in [-0.15, -0.1) is 0 Å². The Morgan fingerprint density at radius 3 is 3.25 bits per heavy atom. The summed E-state index contributed by atoms with van der Waals surface area (Å²) in [7, 11) is 0.819. The second kappa shape index (κ2) is 2.62. The van der Waals surface area contributed by atoms with Gasteiger partial charge in [-0.05, 0) is 0 Å². The molecule has 3 nitrogen and oxygen atoms in total. The van der Waals surface area contributed by atoms with Crippen molar-refractivity contribution >= 4 is 7.27 Å². The average molecular weight is 59.9 g/mol. The van der Waals surface area contributed by atoms with Gasteiger partial charge in [0, 0.05) is 0 Å². The molecule has 0 aliphatic heterocycles. The van der Waals surface area contributed by atoms with Crippen molar-refractivity contribution in [2.24, 2.45) is 5.90 Å². The molecule has 0 saturated heterocycles. The molecule has 0 heterocycles. The monoisotopic (exact) mass is 60.0 g/mol. The zero-order chi connectivity index (χ0) is 4.12. The molecule has 0 unspecified atom stereocenters. The average Bonchev–Trinajstić information content (AvgIpc) is 1.41. The second-order valence-corrected chi connectivity index (χ2v) is 0.241. The van der Waals surface area contributed by atoms with E-state index < -0.39 is 0 Å². The summed E-state index contributed by atoms with van der Waals surface area (Å²) in [5.41, 5.74) is 0. The van der Waals surface area contributed by atoms with Gasteiger partial charge in [0.2, 0.25) is 0 Å². The summed E-state index contributed by atoms with van der Waals surface area (Å²) in [6.45, 7) is 0. The molecule has 0 rings (SSSR count). The maximum atomic E-state index is 5.97. The molecule has 0 aromatic heterocycles. The summed E-state index contributed by atoms with van der Waals surface area (Å²) in [4.78, 5) is 0. The van der Waals surface area contributed by atoms with Crippen LogP contribution in [-0.2, 0) is 4.76 Å². The van der Waals surface area contributed by atoms with Gasteiger partial charge in [0.25, 0.3) is 0 Å². The van der Waals surface area contributed by atoms with Gasteiger partial charge in [-0.3, -0.25) is 0 Å². The van der Waals surface area contributed by atoms with E-state index >= 15 is 0 Å². The zero-order valence-electron chi connectivity index (χ0n) is 3.01. The quantitative estimate of drug-likeness (QED) is 0.309. The van der Waals surface area contributed by atoms with E-state index in [9.17, 15) is 0 Å². The standard InChI is InChI=1S/BH3N2O/c2-1-4-3/h2H,3H2/i2T. The molecular formula is H3BN2O. The zero-order valence-corrected chi connectivity index (χ0v) is 2.01. The van der Waals surface area contributed by atoms with Crippen LogP contribution in [0.3, 0.4) is 0 Å². The molecule has 4 heavy (non-hydrogen) atoms. The summed E-state index contributed by atoms with van der Waals surface area (Å²) in [5.74, 6) is 4.37. The van der Waals surface area contributed by atoms with Crippen molar-refractivity contribution in [2.45, 2.75) is 0 Å². The number of hydrogen-bond donors (Lipinski definition) is 2. The van der Waals surface area contributed by atoms with Crippen LogP contribution in [0.1, 0.15) is 0 Å². The summed E-state index contributed by atoms with van der Waals surface area (Å²) in [5, 5.41) is 2.63. The molecule has 0 saturated carbocycles. The Bertz CT molecular complexity index is 36.6. The molecule has 4 heteroatoms. The minimum absolute atomic E-state index is 0.819. The predicted octanol–water partition coefficient (Wildman–Crippen LogP) is -0.742. The third-order valence-electron chi connectivity index (χ3n) is 0.0609. The van der Waals surface area contributed by atoms with Gasteiger partial charge in [-0.1, -0.05) is 0 Å². The third-order valence-corrected chi connectivity index (χ3v) is 0.0609.